The highest BCUT2D eigenvalue weighted by Crippen LogP contribution is 2.25. The maximum atomic E-state index is 5.38. The molecule has 5 heteroatoms. The van der Waals surface area contributed by atoms with Gasteiger partial charge in [0.05, 0.1) is 11.8 Å². The summed E-state index contributed by atoms with van der Waals surface area (Å²) in [6.07, 6.45) is 0.915. The van der Waals surface area contributed by atoms with Gasteiger partial charge in [-0.25, -0.2) is 0 Å². The molecule has 0 amide bonds. The number of thioether (sulfide) groups is 1. The number of hydrogen-bond acceptors (Lipinski definition) is 5. The zero-order valence-electron chi connectivity index (χ0n) is 10.9. The lowest BCUT2D eigenvalue weighted by molar-refractivity contribution is 0.319. The van der Waals surface area contributed by atoms with Crippen LogP contribution < -0.4 is 5.32 Å². The van der Waals surface area contributed by atoms with Crippen molar-refractivity contribution in [3.8, 4) is 0 Å². The molecule has 3 rings (SSSR count). The lowest BCUT2D eigenvalue weighted by Crippen LogP contribution is -2.28. The first-order valence-electron chi connectivity index (χ1n) is 6.57. The maximum absolute atomic E-state index is 5.38. The molecule has 1 aromatic heterocycles. The van der Waals surface area contributed by atoms with Gasteiger partial charge in [0, 0.05) is 6.54 Å². The van der Waals surface area contributed by atoms with Gasteiger partial charge in [0.15, 0.2) is 5.82 Å². The van der Waals surface area contributed by atoms with E-state index in [1.807, 2.05) is 0 Å². The molecule has 0 radical (unpaired) electrons. The SMILES string of the molecule is CCSCc1noc([C@@H]2Cc3ccccc3CN2)n1. The van der Waals surface area contributed by atoms with E-state index in [0.717, 1.165) is 30.3 Å². The molecule has 0 saturated carbocycles. The van der Waals surface area contributed by atoms with Gasteiger partial charge in [0.25, 0.3) is 0 Å². The van der Waals surface area contributed by atoms with E-state index in [0.29, 0.717) is 5.89 Å². The topological polar surface area (TPSA) is 51.0 Å². The Kier molecular flexibility index (Phi) is 3.84. The summed E-state index contributed by atoms with van der Waals surface area (Å²) in [7, 11) is 0. The molecule has 2 aromatic rings. The first-order valence-corrected chi connectivity index (χ1v) is 7.72. The summed E-state index contributed by atoms with van der Waals surface area (Å²) in [6, 6.07) is 8.64. The molecule has 1 N–H and O–H groups in total. The van der Waals surface area contributed by atoms with Gasteiger partial charge < -0.3 is 9.84 Å². The fourth-order valence-corrected chi connectivity index (χ4v) is 2.79. The number of nitrogens with one attached hydrogen (secondary N) is 1. The van der Waals surface area contributed by atoms with Crippen LogP contribution in [0.3, 0.4) is 0 Å². The van der Waals surface area contributed by atoms with Gasteiger partial charge in [-0.15, -0.1) is 0 Å². The van der Waals surface area contributed by atoms with Crippen LogP contribution in [-0.4, -0.2) is 15.9 Å². The molecule has 2 heterocycles. The van der Waals surface area contributed by atoms with Crippen molar-refractivity contribution in [1.82, 2.24) is 15.5 Å². The number of nitrogens with zero attached hydrogens (tertiary/aromatic N) is 2. The molecule has 19 heavy (non-hydrogen) atoms. The summed E-state index contributed by atoms with van der Waals surface area (Å²) in [4.78, 5) is 4.48. The first kappa shape index (κ1) is 12.7. The molecule has 1 aliphatic heterocycles. The Bertz CT molecular complexity index is 555. The summed E-state index contributed by atoms with van der Waals surface area (Å²) < 4.78 is 5.38. The average molecular weight is 275 g/mol. The van der Waals surface area contributed by atoms with Crippen molar-refractivity contribution in [3.05, 3.63) is 47.1 Å². The molecule has 0 aliphatic carbocycles. The number of fused-ring (bicyclic) bond motifs is 1. The van der Waals surface area contributed by atoms with Gasteiger partial charge in [0.2, 0.25) is 5.89 Å². The van der Waals surface area contributed by atoms with E-state index in [-0.39, 0.29) is 6.04 Å². The highest BCUT2D eigenvalue weighted by molar-refractivity contribution is 7.98. The minimum Gasteiger partial charge on any atom is -0.338 e. The van der Waals surface area contributed by atoms with Crippen LogP contribution in [0.25, 0.3) is 0 Å². The maximum Gasteiger partial charge on any atom is 0.244 e. The second-order valence-corrected chi connectivity index (χ2v) is 5.87. The number of rotatable bonds is 4. The lowest BCUT2D eigenvalue weighted by atomic mass is 9.96. The second-order valence-electron chi connectivity index (χ2n) is 4.59. The Balaban J connectivity index is 1.72. The smallest absolute Gasteiger partial charge is 0.244 e. The molecule has 0 unspecified atom stereocenters. The summed E-state index contributed by atoms with van der Waals surface area (Å²) in [6.45, 7) is 2.99. The standard InChI is InChI=1S/C14H17N3OS/c1-2-19-9-13-16-14(18-17-13)12-7-10-5-3-4-6-11(10)8-15-12/h3-6,12,15H,2,7-9H2,1H3/t12-/m0/s1. The van der Waals surface area contributed by atoms with Crippen LogP contribution in [0.2, 0.25) is 0 Å². The van der Waals surface area contributed by atoms with E-state index in [1.54, 1.807) is 11.8 Å². The number of benzene rings is 1. The zero-order valence-corrected chi connectivity index (χ0v) is 11.7. The van der Waals surface area contributed by atoms with Gasteiger partial charge in [-0.3, -0.25) is 0 Å². The van der Waals surface area contributed by atoms with Crippen molar-refractivity contribution in [2.45, 2.75) is 31.7 Å². The van der Waals surface area contributed by atoms with Gasteiger partial charge >= 0.3 is 0 Å². The fraction of sp³-hybridized carbons (Fsp3) is 0.429. The van der Waals surface area contributed by atoms with Crippen molar-refractivity contribution in [1.29, 1.82) is 0 Å². The Morgan fingerprint density at radius 3 is 3.05 bits per heavy atom. The number of aromatic nitrogens is 2. The van der Waals surface area contributed by atoms with E-state index in [1.165, 1.54) is 11.1 Å². The minimum atomic E-state index is 0.141. The van der Waals surface area contributed by atoms with Crippen molar-refractivity contribution in [2.75, 3.05) is 5.75 Å². The van der Waals surface area contributed by atoms with Gasteiger partial charge in [-0.2, -0.15) is 16.7 Å². The molecule has 0 spiro atoms. The Morgan fingerprint density at radius 2 is 2.21 bits per heavy atom. The monoisotopic (exact) mass is 275 g/mol. The summed E-state index contributed by atoms with van der Waals surface area (Å²) in [5.41, 5.74) is 2.73. The second kappa shape index (κ2) is 5.75. The Labute approximate surface area is 117 Å². The van der Waals surface area contributed by atoms with E-state index in [9.17, 15) is 0 Å². The van der Waals surface area contributed by atoms with Crippen LogP contribution >= 0.6 is 11.8 Å². The molecular weight excluding hydrogens is 258 g/mol. The normalized spacial score (nSPS) is 18.3. The largest absolute Gasteiger partial charge is 0.338 e. The summed E-state index contributed by atoms with van der Waals surface area (Å²) in [5.74, 6) is 3.39. The molecule has 0 bridgehead atoms. The van der Waals surface area contributed by atoms with Crippen LogP contribution in [0.1, 0.15) is 35.8 Å². The fourth-order valence-electron chi connectivity index (χ4n) is 2.29. The van der Waals surface area contributed by atoms with E-state index < -0.39 is 0 Å². The predicted molar refractivity (Wildman–Crippen MR) is 75.9 cm³/mol. The Hall–Kier alpha value is -1.33. The van der Waals surface area contributed by atoms with E-state index >= 15 is 0 Å². The highest BCUT2D eigenvalue weighted by atomic mass is 32.2. The zero-order chi connectivity index (χ0) is 13.1. The molecule has 0 saturated heterocycles. The quantitative estimate of drug-likeness (QED) is 0.929. The molecular formula is C14H17N3OS. The van der Waals surface area contributed by atoms with Crippen LogP contribution in [0.15, 0.2) is 28.8 Å². The summed E-state index contributed by atoms with van der Waals surface area (Å²) >= 11 is 1.80. The van der Waals surface area contributed by atoms with Gasteiger partial charge in [0.1, 0.15) is 0 Å². The summed E-state index contributed by atoms with van der Waals surface area (Å²) in [5, 5.41) is 7.50. The first-order chi connectivity index (χ1) is 9.36. The molecule has 1 atom stereocenters. The van der Waals surface area contributed by atoms with Crippen molar-refractivity contribution >= 4 is 11.8 Å². The third-order valence-corrected chi connectivity index (χ3v) is 4.17. The number of hydrogen-bond donors (Lipinski definition) is 1. The average Bonchev–Trinajstić information content (AvgIpc) is 2.93. The van der Waals surface area contributed by atoms with E-state index in [2.05, 4.69) is 46.6 Å². The van der Waals surface area contributed by atoms with Crippen LogP contribution in [0.5, 0.6) is 0 Å². The molecule has 0 fully saturated rings. The van der Waals surface area contributed by atoms with Crippen molar-refractivity contribution in [3.63, 3.8) is 0 Å². The minimum absolute atomic E-state index is 0.141. The predicted octanol–water partition coefficient (Wildman–Crippen LogP) is 2.71. The van der Waals surface area contributed by atoms with Crippen LogP contribution in [0, 0.1) is 0 Å². The van der Waals surface area contributed by atoms with Gasteiger partial charge in [-0.05, 0) is 23.3 Å². The molecule has 4 nitrogen and oxygen atoms in total. The lowest BCUT2D eigenvalue weighted by Gasteiger charge is -2.23. The third kappa shape index (κ3) is 2.82. The molecule has 1 aromatic carbocycles. The van der Waals surface area contributed by atoms with Crippen molar-refractivity contribution in [2.24, 2.45) is 0 Å². The van der Waals surface area contributed by atoms with Crippen LogP contribution in [-0.2, 0) is 18.7 Å². The van der Waals surface area contributed by atoms with Gasteiger partial charge in [-0.1, -0.05) is 36.3 Å². The van der Waals surface area contributed by atoms with Crippen molar-refractivity contribution < 1.29 is 4.52 Å². The van der Waals surface area contributed by atoms with E-state index in [4.69, 9.17) is 4.52 Å². The highest BCUT2D eigenvalue weighted by Gasteiger charge is 2.23. The van der Waals surface area contributed by atoms with Crippen LogP contribution in [0.4, 0.5) is 0 Å². The molecule has 1 aliphatic rings. The Morgan fingerprint density at radius 1 is 1.37 bits per heavy atom. The third-order valence-electron chi connectivity index (χ3n) is 3.30. The molecule has 100 valence electrons.